The van der Waals surface area contributed by atoms with Crippen molar-refractivity contribution in [3.63, 3.8) is 0 Å². The van der Waals surface area contributed by atoms with Gasteiger partial charge in [-0.05, 0) is 61.7 Å². The molecular weight excluding hydrogens is 391 g/mol. The summed E-state index contributed by atoms with van der Waals surface area (Å²) in [6.45, 7) is 8.05. The number of halogens is 2. The average Bonchev–Trinajstić information content (AvgIpc) is 2.98. The lowest BCUT2D eigenvalue weighted by atomic mass is 10.1. The van der Waals surface area contributed by atoms with Crippen molar-refractivity contribution >= 4 is 27.9 Å². The van der Waals surface area contributed by atoms with E-state index in [9.17, 15) is 14.0 Å². The zero-order valence-electron chi connectivity index (χ0n) is 15.2. The third kappa shape index (κ3) is 4.51. The standard InChI is InChI=1S/C18H24BrFN2O3/c1-11-6-7-13(20)14(15(11)19)16(23)22-9-8-12(10-22)21(5)17(24)25-18(2,3)4/h6-7,12H,8-10H2,1-5H3/t12-/m0/s1. The minimum absolute atomic E-state index is 0.0422. The van der Waals surface area contributed by atoms with E-state index in [1.807, 2.05) is 6.92 Å². The maximum atomic E-state index is 14.1. The van der Waals surface area contributed by atoms with E-state index in [2.05, 4.69) is 15.9 Å². The van der Waals surface area contributed by atoms with Gasteiger partial charge in [0.25, 0.3) is 5.91 Å². The number of hydrogen-bond donors (Lipinski definition) is 0. The molecule has 2 amide bonds. The Bertz CT molecular complexity index is 688. The van der Waals surface area contributed by atoms with Gasteiger partial charge >= 0.3 is 6.09 Å². The molecule has 1 fully saturated rings. The van der Waals surface area contributed by atoms with Gasteiger partial charge in [0.1, 0.15) is 11.4 Å². The van der Waals surface area contributed by atoms with Crippen LogP contribution in [0.3, 0.4) is 0 Å². The summed E-state index contributed by atoms with van der Waals surface area (Å²) in [5.41, 5.74) is 0.265. The third-order valence-electron chi connectivity index (χ3n) is 4.18. The maximum absolute atomic E-state index is 14.1. The molecule has 1 heterocycles. The number of aryl methyl sites for hydroxylation is 1. The summed E-state index contributed by atoms with van der Waals surface area (Å²) in [5.74, 6) is -0.917. The highest BCUT2D eigenvalue weighted by molar-refractivity contribution is 9.10. The minimum atomic E-state index is -0.574. The quantitative estimate of drug-likeness (QED) is 0.735. The number of likely N-dealkylation sites (tertiary alicyclic amines) is 1. The van der Waals surface area contributed by atoms with Crippen molar-refractivity contribution in [2.75, 3.05) is 20.1 Å². The average molecular weight is 415 g/mol. The molecule has 1 aliphatic rings. The Morgan fingerprint density at radius 1 is 1.36 bits per heavy atom. The largest absolute Gasteiger partial charge is 0.444 e. The molecule has 0 bridgehead atoms. The molecule has 138 valence electrons. The third-order valence-corrected chi connectivity index (χ3v) is 5.20. The zero-order valence-corrected chi connectivity index (χ0v) is 16.8. The van der Waals surface area contributed by atoms with Crippen LogP contribution in [0.25, 0.3) is 0 Å². The van der Waals surface area contributed by atoms with Crippen LogP contribution in [-0.4, -0.2) is 53.6 Å². The molecule has 1 aromatic carbocycles. The normalized spacial score (nSPS) is 17.6. The van der Waals surface area contributed by atoms with Gasteiger partial charge in [0.2, 0.25) is 0 Å². The molecule has 1 saturated heterocycles. The lowest BCUT2D eigenvalue weighted by molar-refractivity contribution is 0.0226. The molecule has 0 radical (unpaired) electrons. The molecule has 25 heavy (non-hydrogen) atoms. The number of amides is 2. The van der Waals surface area contributed by atoms with Gasteiger partial charge in [-0.2, -0.15) is 0 Å². The Labute approximate surface area is 156 Å². The fraction of sp³-hybridized carbons (Fsp3) is 0.556. The molecule has 1 aliphatic heterocycles. The van der Waals surface area contributed by atoms with E-state index >= 15 is 0 Å². The van der Waals surface area contributed by atoms with Gasteiger partial charge in [-0.3, -0.25) is 4.79 Å². The fourth-order valence-electron chi connectivity index (χ4n) is 2.74. The summed E-state index contributed by atoms with van der Waals surface area (Å²) < 4.78 is 20.0. The highest BCUT2D eigenvalue weighted by Crippen LogP contribution is 2.27. The molecular formula is C18H24BrFN2O3. The summed E-state index contributed by atoms with van der Waals surface area (Å²) in [6.07, 6.45) is 0.210. The van der Waals surface area contributed by atoms with E-state index in [0.717, 1.165) is 5.56 Å². The number of nitrogens with zero attached hydrogens (tertiary/aromatic N) is 2. The van der Waals surface area contributed by atoms with Crippen LogP contribution in [0.1, 0.15) is 43.1 Å². The summed E-state index contributed by atoms with van der Waals surface area (Å²) in [4.78, 5) is 28.0. The van der Waals surface area contributed by atoms with Crippen LogP contribution in [-0.2, 0) is 4.74 Å². The van der Waals surface area contributed by atoms with Crippen LogP contribution in [0.15, 0.2) is 16.6 Å². The highest BCUT2D eigenvalue weighted by atomic mass is 79.9. The van der Waals surface area contributed by atoms with Gasteiger partial charge in [-0.1, -0.05) is 6.07 Å². The van der Waals surface area contributed by atoms with Crippen molar-refractivity contribution in [3.05, 3.63) is 33.5 Å². The second kappa shape index (κ2) is 7.32. The number of carbonyl (C=O) groups excluding carboxylic acids is 2. The number of benzene rings is 1. The van der Waals surface area contributed by atoms with Crippen molar-refractivity contribution in [3.8, 4) is 0 Å². The molecule has 1 aromatic rings. The van der Waals surface area contributed by atoms with E-state index in [4.69, 9.17) is 4.74 Å². The first kappa shape index (κ1) is 19.7. The van der Waals surface area contributed by atoms with Crippen LogP contribution in [0.4, 0.5) is 9.18 Å². The predicted octanol–water partition coefficient (Wildman–Crippen LogP) is 3.98. The molecule has 1 atom stereocenters. The molecule has 0 aromatic heterocycles. The number of likely N-dealkylation sites (N-methyl/N-ethyl adjacent to an activating group) is 1. The first-order chi connectivity index (χ1) is 11.5. The van der Waals surface area contributed by atoms with Crippen LogP contribution in [0, 0.1) is 12.7 Å². The van der Waals surface area contributed by atoms with Gasteiger partial charge in [-0.15, -0.1) is 0 Å². The maximum Gasteiger partial charge on any atom is 0.410 e. The van der Waals surface area contributed by atoms with Gasteiger partial charge in [0.05, 0.1) is 11.6 Å². The lowest BCUT2D eigenvalue weighted by Crippen LogP contribution is -2.42. The first-order valence-electron chi connectivity index (χ1n) is 8.21. The molecule has 0 spiro atoms. The van der Waals surface area contributed by atoms with E-state index in [-0.39, 0.29) is 17.5 Å². The molecule has 7 heteroatoms. The summed E-state index contributed by atoms with van der Waals surface area (Å²) >= 11 is 3.31. The topological polar surface area (TPSA) is 49.9 Å². The zero-order chi connectivity index (χ0) is 18.9. The summed E-state index contributed by atoms with van der Waals surface area (Å²) in [5, 5.41) is 0. The molecule has 0 saturated carbocycles. The van der Waals surface area contributed by atoms with Gasteiger partial charge in [-0.25, -0.2) is 9.18 Å². The smallest absolute Gasteiger partial charge is 0.410 e. The Hall–Kier alpha value is -1.63. The lowest BCUT2D eigenvalue weighted by Gasteiger charge is -2.28. The number of ether oxygens (including phenoxy) is 1. The molecule has 0 unspecified atom stereocenters. The number of hydrogen-bond acceptors (Lipinski definition) is 3. The molecule has 5 nitrogen and oxygen atoms in total. The molecule has 0 N–H and O–H groups in total. The SMILES string of the molecule is Cc1ccc(F)c(C(=O)N2CC[C@H](N(C)C(=O)OC(C)(C)C)C2)c1Br. The van der Waals surface area contributed by atoms with Crippen LogP contribution in [0.5, 0.6) is 0 Å². The van der Waals surface area contributed by atoms with E-state index in [1.54, 1.807) is 38.8 Å². The van der Waals surface area contributed by atoms with Gasteiger partial charge < -0.3 is 14.5 Å². The van der Waals surface area contributed by atoms with Gasteiger partial charge in [0, 0.05) is 24.6 Å². The Morgan fingerprint density at radius 2 is 2.00 bits per heavy atom. The Balaban J connectivity index is 2.09. The van der Waals surface area contributed by atoms with Crippen LogP contribution >= 0.6 is 15.9 Å². The minimum Gasteiger partial charge on any atom is -0.444 e. The van der Waals surface area contributed by atoms with Crippen LogP contribution in [0.2, 0.25) is 0 Å². The van der Waals surface area contributed by atoms with Crippen LogP contribution < -0.4 is 0 Å². The number of rotatable bonds is 2. The van der Waals surface area contributed by atoms with Gasteiger partial charge in [0.15, 0.2) is 0 Å². The number of carbonyl (C=O) groups is 2. The summed E-state index contributed by atoms with van der Waals surface area (Å²) in [6, 6.07) is 2.78. The van der Waals surface area contributed by atoms with Crippen molar-refractivity contribution in [2.24, 2.45) is 0 Å². The second-order valence-corrected chi connectivity index (χ2v) is 8.13. The fourth-order valence-corrected chi connectivity index (χ4v) is 3.23. The van der Waals surface area contributed by atoms with Crippen molar-refractivity contribution in [2.45, 2.75) is 45.8 Å². The van der Waals surface area contributed by atoms with E-state index < -0.39 is 17.5 Å². The van der Waals surface area contributed by atoms with E-state index in [0.29, 0.717) is 24.0 Å². The van der Waals surface area contributed by atoms with Crippen molar-refractivity contribution in [1.82, 2.24) is 9.80 Å². The van der Waals surface area contributed by atoms with E-state index in [1.165, 1.54) is 11.0 Å². The Kier molecular flexibility index (Phi) is 5.76. The molecule has 0 aliphatic carbocycles. The summed E-state index contributed by atoms with van der Waals surface area (Å²) in [7, 11) is 1.66. The van der Waals surface area contributed by atoms with Crippen molar-refractivity contribution < 1.29 is 18.7 Å². The first-order valence-corrected chi connectivity index (χ1v) is 9.00. The monoisotopic (exact) mass is 414 g/mol. The molecule has 2 rings (SSSR count). The predicted molar refractivity (Wildman–Crippen MR) is 97.1 cm³/mol. The Morgan fingerprint density at radius 3 is 2.60 bits per heavy atom. The van der Waals surface area contributed by atoms with Crippen molar-refractivity contribution in [1.29, 1.82) is 0 Å². The highest BCUT2D eigenvalue weighted by Gasteiger charge is 2.34. The second-order valence-electron chi connectivity index (χ2n) is 7.34.